The van der Waals surface area contributed by atoms with Crippen LogP contribution in [0.3, 0.4) is 0 Å². The second-order valence-electron chi connectivity index (χ2n) is 8.63. The third kappa shape index (κ3) is 5.06. The third-order valence-electron chi connectivity index (χ3n) is 6.16. The number of hydrogen-bond acceptors (Lipinski definition) is 6. The number of nitrogens with zero attached hydrogens (tertiary/aromatic N) is 3. The minimum atomic E-state index is -0.405. The second kappa shape index (κ2) is 10.5. The number of ketones is 1. The molecule has 0 unspecified atom stereocenters. The molecule has 1 aliphatic rings. The molecule has 1 saturated heterocycles. The average Bonchev–Trinajstić information content (AvgIpc) is 3.10. The van der Waals surface area contributed by atoms with E-state index >= 15 is 0 Å². The predicted molar refractivity (Wildman–Crippen MR) is 134 cm³/mol. The smallest absolute Gasteiger partial charge is 0.235 e. The number of benzene rings is 2. The van der Waals surface area contributed by atoms with Crippen molar-refractivity contribution in [3.8, 4) is 22.9 Å². The second-order valence-corrected chi connectivity index (χ2v) is 9.07. The van der Waals surface area contributed by atoms with E-state index in [-0.39, 0.29) is 17.2 Å². The van der Waals surface area contributed by atoms with E-state index in [1.54, 1.807) is 28.8 Å². The van der Waals surface area contributed by atoms with Gasteiger partial charge in [0.1, 0.15) is 0 Å². The highest BCUT2D eigenvalue weighted by Gasteiger charge is 2.29. The van der Waals surface area contributed by atoms with Crippen molar-refractivity contribution in [1.82, 2.24) is 9.47 Å². The zero-order valence-electron chi connectivity index (χ0n) is 19.5. The van der Waals surface area contributed by atoms with Gasteiger partial charge in [-0.3, -0.25) is 9.69 Å². The molecule has 34 heavy (non-hydrogen) atoms. The van der Waals surface area contributed by atoms with E-state index in [1.807, 2.05) is 43.3 Å². The number of halogens is 1. The molecule has 1 aliphatic heterocycles. The Labute approximate surface area is 204 Å². The molecule has 2 N–H and O–H groups in total. The first-order chi connectivity index (χ1) is 16.4. The SMILES string of the molecule is CN(C)c1ccc(-c2c(C(=O)c3ccc(Cl)cc3)c(O)c(O)n2CCCN2CCOCC2)cc1. The number of anilines is 1. The number of aromatic nitrogens is 1. The van der Waals surface area contributed by atoms with Crippen molar-refractivity contribution in [2.24, 2.45) is 0 Å². The van der Waals surface area contributed by atoms with Crippen molar-refractivity contribution in [1.29, 1.82) is 0 Å². The summed E-state index contributed by atoms with van der Waals surface area (Å²) in [5, 5.41) is 22.3. The molecule has 0 bridgehead atoms. The molecule has 3 aromatic rings. The molecular weight excluding hydrogens is 454 g/mol. The zero-order valence-corrected chi connectivity index (χ0v) is 20.3. The van der Waals surface area contributed by atoms with Crippen LogP contribution in [0.25, 0.3) is 11.3 Å². The van der Waals surface area contributed by atoms with Crippen LogP contribution < -0.4 is 4.90 Å². The van der Waals surface area contributed by atoms with Gasteiger partial charge in [-0.25, -0.2) is 0 Å². The Morgan fingerprint density at radius 2 is 1.65 bits per heavy atom. The van der Waals surface area contributed by atoms with Crippen LogP contribution in [-0.4, -0.2) is 72.4 Å². The van der Waals surface area contributed by atoms with Gasteiger partial charge in [0.25, 0.3) is 0 Å². The van der Waals surface area contributed by atoms with Crippen LogP contribution in [0.1, 0.15) is 22.3 Å². The molecule has 4 rings (SSSR count). The molecule has 0 aliphatic carbocycles. The summed E-state index contributed by atoms with van der Waals surface area (Å²) in [5.74, 6) is -1.08. The van der Waals surface area contributed by atoms with E-state index < -0.39 is 5.75 Å². The summed E-state index contributed by atoms with van der Waals surface area (Å²) < 4.78 is 7.05. The Kier molecular flexibility index (Phi) is 7.46. The molecule has 2 aromatic carbocycles. The van der Waals surface area contributed by atoms with Crippen LogP contribution in [0.2, 0.25) is 5.02 Å². The summed E-state index contributed by atoms with van der Waals surface area (Å²) in [6.45, 7) is 4.48. The molecular formula is C26H30ClN3O4. The van der Waals surface area contributed by atoms with Gasteiger partial charge in [-0.2, -0.15) is 0 Å². The summed E-state index contributed by atoms with van der Waals surface area (Å²) in [7, 11) is 3.91. The highest BCUT2D eigenvalue weighted by Crippen LogP contribution is 2.42. The van der Waals surface area contributed by atoms with Gasteiger partial charge in [-0.1, -0.05) is 23.7 Å². The van der Waals surface area contributed by atoms with Crippen LogP contribution in [-0.2, 0) is 11.3 Å². The number of rotatable bonds is 8. The Bertz CT molecular complexity index is 1130. The first-order valence-electron chi connectivity index (χ1n) is 11.4. The van der Waals surface area contributed by atoms with E-state index in [2.05, 4.69) is 4.90 Å². The third-order valence-corrected chi connectivity index (χ3v) is 6.41. The molecule has 0 spiro atoms. The first-order valence-corrected chi connectivity index (χ1v) is 11.8. The van der Waals surface area contributed by atoms with Gasteiger partial charge < -0.3 is 24.4 Å². The van der Waals surface area contributed by atoms with Crippen LogP contribution in [0, 0.1) is 0 Å². The van der Waals surface area contributed by atoms with E-state index in [0.717, 1.165) is 50.5 Å². The van der Waals surface area contributed by atoms with E-state index in [9.17, 15) is 15.0 Å². The lowest BCUT2D eigenvalue weighted by molar-refractivity contribution is 0.0369. The molecule has 1 aromatic heterocycles. The molecule has 180 valence electrons. The molecule has 7 nitrogen and oxygen atoms in total. The Morgan fingerprint density at radius 1 is 1.00 bits per heavy atom. The quantitative estimate of drug-likeness (QED) is 0.467. The van der Waals surface area contributed by atoms with Crippen molar-refractivity contribution < 1.29 is 19.7 Å². The number of carbonyl (C=O) groups is 1. The van der Waals surface area contributed by atoms with Crippen molar-refractivity contribution in [3.05, 3.63) is 64.7 Å². The fourth-order valence-corrected chi connectivity index (χ4v) is 4.39. The minimum Gasteiger partial charge on any atom is -0.503 e. The van der Waals surface area contributed by atoms with Crippen molar-refractivity contribution in [2.75, 3.05) is 51.8 Å². The standard InChI is InChI=1S/C26H30ClN3O4/c1-28(2)21-10-6-18(7-11-21)23-22(24(31)19-4-8-20(27)9-5-19)25(32)26(33)30(23)13-3-12-29-14-16-34-17-15-29/h4-11,32-33H,3,12-17H2,1-2H3. The first kappa shape index (κ1) is 24.1. The lowest BCUT2D eigenvalue weighted by Gasteiger charge is -2.26. The summed E-state index contributed by atoms with van der Waals surface area (Å²) in [5.41, 5.74) is 2.72. The highest BCUT2D eigenvalue weighted by molar-refractivity contribution is 6.30. The number of hydrogen-bond donors (Lipinski definition) is 2. The monoisotopic (exact) mass is 483 g/mol. The number of carbonyl (C=O) groups excluding carboxylic acids is 1. The fourth-order valence-electron chi connectivity index (χ4n) is 4.27. The summed E-state index contributed by atoms with van der Waals surface area (Å²) in [6, 6.07) is 14.2. The lowest BCUT2D eigenvalue weighted by atomic mass is 9.99. The van der Waals surface area contributed by atoms with Crippen LogP contribution in [0.15, 0.2) is 48.5 Å². The van der Waals surface area contributed by atoms with Crippen LogP contribution >= 0.6 is 11.6 Å². The summed E-state index contributed by atoms with van der Waals surface area (Å²) in [6.07, 6.45) is 0.749. The topological polar surface area (TPSA) is 78.2 Å². The van der Waals surface area contributed by atoms with Gasteiger partial charge in [0.15, 0.2) is 11.5 Å². The summed E-state index contributed by atoms with van der Waals surface area (Å²) in [4.78, 5) is 17.8. The van der Waals surface area contributed by atoms with Crippen molar-refractivity contribution in [3.63, 3.8) is 0 Å². The van der Waals surface area contributed by atoms with E-state index in [0.29, 0.717) is 22.8 Å². The fraction of sp³-hybridized carbons (Fsp3) is 0.346. The largest absolute Gasteiger partial charge is 0.503 e. The normalized spacial score (nSPS) is 14.3. The molecule has 0 amide bonds. The molecule has 0 radical (unpaired) electrons. The van der Waals surface area contributed by atoms with Gasteiger partial charge in [-0.15, -0.1) is 0 Å². The highest BCUT2D eigenvalue weighted by atomic mass is 35.5. The van der Waals surface area contributed by atoms with E-state index in [1.165, 1.54) is 0 Å². The maximum atomic E-state index is 13.5. The maximum Gasteiger partial charge on any atom is 0.235 e. The number of aromatic hydroxyl groups is 2. The Hall–Kier alpha value is -3.00. The van der Waals surface area contributed by atoms with Crippen molar-refractivity contribution >= 4 is 23.1 Å². The molecule has 8 heteroatoms. The minimum absolute atomic E-state index is 0.0869. The molecule has 1 fully saturated rings. The maximum absolute atomic E-state index is 13.5. The van der Waals surface area contributed by atoms with Gasteiger partial charge in [0, 0.05) is 56.5 Å². The number of ether oxygens (including phenoxy) is 1. The Balaban J connectivity index is 1.72. The van der Waals surface area contributed by atoms with Gasteiger partial charge in [-0.05, 0) is 48.4 Å². The molecule has 0 atom stereocenters. The Morgan fingerprint density at radius 3 is 2.26 bits per heavy atom. The van der Waals surface area contributed by atoms with Gasteiger partial charge >= 0.3 is 0 Å². The van der Waals surface area contributed by atoms with Crippen LogP contribution in [0.5, 0.6) is 11.6 Å². The zero-order chi connectivity index (χ0) is 24.2. The molecule has 0 saturated carbocycles. The van der Waals surface area contributed by atoms with Gasteiger partial charge in [0.2, 0.25) is 5.88 Å². The van der Waals surface area contributed by atoms with Crippen LogP contribution in [0.4, 0.5) is 5.69 Å². The average molecular weight is 484 g/mol. The van der Waals surface area contributed by atoms with Gasteiger partial charge in [0.05, 0.1) is 24.5 Å². The van der Waals surface area contributed by atoms with Crippen molar-refractivity contribution in [2.45, 2.75) is 13.0 Å². The summed E-state index contributed by atoms with van der Waals surface area (Å²) >= 11 is 5.99. The lowest BCUT2D eigenvalue weighted by Crippen LogP contribution is -2.37. The predicted octanol–water partition coefficient (Wildman–Crippen LogP) is 4.24. The molecule has 2 heterocycles. The number of morpholine rings is 1. The van der Waals surface area contributed by atoms with E-state index in [4.69, 9.17) is 16.3 Å².